The first kappa shape index (κ1) is 15.0. The minimum absolute atomic E-state index is 0.550. The highest BCUT2D eigenvalue weighted by Gasteiger charge is 2.10. The van der Waals surface area contributed by atoms with Crippen molar-refractivity contribution in [3.63, 3.8) is 0 Å². The number of anilines is 1. The van der Waals surface area contributed by atoms with Gasteiger partial charge < -0.3 is 10.1 Å². The number of benzene rings is 1. The summed E-state index contributed by atoms with van der Waals surface area (Å²) in [5, 5.41) is 3.51. The second-order valence-corrected chi connectivity index (χ2v) is 5.03. The summed E-state index contributed by atoms with van der Waals surface area (Å²) >= 11 is 0. The molecule has 0 aliphatic carbocycles. The lowest BCUT2D eigenvalue weighted by Gasteiger charge is -2.11. The first-order chi connectivity index (χ1) is 11.2. The molecule has 1 amide bonds. The largest absolute Gasteiger partial charge is 0.493 e. The Labute approximate surface area is 134 Å². The second-order valence-electron chi connectivity index (χ2n) is 5.03. The van der Waals surface area contributed by atoms with E-state index in [9.17, 15) is 4.79 Å². The highest BCUT2D eigenvalue weighted by molar-refractivity contribution is 5.90. The van der Waals surface area contributed by atoms with E-state index in [-0.39, 0.29) is 0 Å². The van der Waals surface area contributed by atoms with Gasteiger partial charge in [0.2, 0.25) is 6.41 Å². The lowest BCUT2D eigenvalue weighted by atomic mass is 10.1. The summed E-state index contributed by atoms with van der Waals surface area (Å²) < 4.78 is 7.64. The smallest absolute Gasteiger partial charge is 0.211 e. The number of hydrogen-bond donors (Lipinski definition) is 1. The van der Waals surface area contributed by atoms with Gasteiger partial charge in [-0.3, -0.25) is 9.36 Å². The van der Waals surface area contributed by atoms with Crippen LogP contribution in [0.3, 0.4) is 0 Å². The number of pyridine rings is 1. The summed E-state index contributed by atoms with van der Waals surface area (Å²) in [4.78, 5) is 19.6. The van der Waals surface area contributed by atoms with Crippen LogP contribution < -0.4 is 10.1 Å². The van der Waals surface area contributed by atoms with Crippen molar-refractivity contribution in [3.8, 4) is 11.6 Å². The van der Waals surface area contributed by atoms with Gasteiger partial charge in [0.05, 0.1) is 17.8 Å². The number of nitrogens with zero attached hydrogens (tertiary/aromatic N) is 3. The van der Waals surface area contributed by atoms with Gasteiger partial charge in [0, 0.05) is 23.3 Å². The van der Waals surface area contributed by atoms with E-state index in [0.29, 0.717) is 18.7 Å². The number of aromatic nitrogens is 3. The number of ether oxygens (including phenoxy) is 1. The maximum atomic E-state index is 10.6. The first-order valence-corrected chi connectivity index (χ1v) is 7.56. The third-order valence-corrected chi connectivity index (χ3v) is 3.55. The average molecular weight is 310 g/mol. The third-order valence-electron chi connectivity index (χ3n) is 3.55. The number of aryl methyl sites for hydroxylation is 1. The molecule has 0 bridgehead atoms. The van der Waals surface area contributed by atoms with E-state index < -0.39 is 0 Å². The highest BCUT2D eigenvalue weighted by Crippen LogP contribution is 2.29. The molecule has 0 unspecified atom stereocenters. The maximum Gasteiger partial charge on any atom is 0.211 e. The molecule has 6 nitrogen and oxygen atoms in total. The van der Waals surface area contributed by atoms with Crippen molar-refractivity contribution in [1.29, 1.82) is 0 Å². The summed E-state index contributed by atoms with van der Waals surface area (Å²) in [5.74, 6) is 1.48. The van der Waals surface area contributed by atoms with Crippen LogP contribution in [0, 0.1) is 0 Å². The lowest BCUT2D eigenvalue weighted by molar-refractivity contribution is -0.105. The number of rotatable bonds is 6. The molecule has 0 saturated heterocycles. The molecule has 23 heavy (non-hydrogen) atoms. The number of hydrogen-bond acceptors (Lipinski definition) is 4. The Morgan fingerprint density at radius 1 is 1.30 bits per heavy atom. The predicted octanol–water partition coefficient (Wildman–Crippen LogP) is 2.95. The zero-order valence-corrected chi connectivity index (χ0v) is 13.1. The van der Waals surface area contributed by atoms with E-state index in [1.54, 1.807) is 6.33 Å². The fourth-order valence-corrected chi connectivity index (χ4v) is 2.42. The Balaban J connectivity index is 2.13. The molecule has 0 atom stereocenters. The minimum Gasteiger partial charge on any atom is -0.493 e. The van der Waals surface area contributed by atoms with Crippen LogP contribution in [0.4, 0.5) is 5.69 Å². The summed E-state index contributed by atoms with van der Waals surface area (Å²) in [6.07, 6.45) is 5.25. The molecule has 1 N–H and O–H groups in total. The van der Waals surface area contributed by atoms with Crippen LogP contribution in [0.15, 0.2) is 36.8 Å². The number of carbonyl (C=O) groups is 1. The van der Waals surface area contributed by atoms with Crippen molar-refractivity contribution >= 4 is 23.0 Å². The van der Waals surface area contributed by atoms with Crippen molar-refractivity contribution < 1.29 is 9.53 Å². The molecule has 6 heteroatoms. The van der Waals surface area contributed by atoms with Crippen molar-refractivity contribution in [1.82, 2.24) is 14.5 Å². The monoisotopic (exact) mass is 310 g/mol. The molecule has 118 valence electrons. The Hall–Kier alpha value is -2.89. The fourth-order valence-electron chi connectivity index (χ4n) is 2.42. The standard InChI is InChI=1S/C17H18N4O2/c1-3-12-9-21(10-18-12)17-8-16(23-4-2)14-7-13(19-11-22)5-6-15(14)20-17/h5-11H,3-4H2,1-2H3,(H,19,22). The van der Waals surface area contributed by atoms with E-state index in [1.807, 2.05) is 42.0 Å². The number of amides is 1. The summed E-state index contributed by atoms with van der Waals surface area (Å²) in [7, 11) is 0. The van der Waals surface area contributed by atoms with E-state index in [0.717, 1.165) is 34.6 Å². The van der Waals surface area contributed by atoms with Gasteiger partial charge in [-0.15, -0.1) is 0 Å². The number of fused-ring (bicyclic) bond motifs is 1. The molecule has 0 aliphatic heterocycles. The molecule has 2 heterocycles. The van der Waals surface area contributed by atoms with Crippen LogP contribution >= 0.6 is 0 Å². The molecule has 0 spiro atoms. The molecule has 3 aromatic rings. The second kappa shape index (κ2) is 6.48. The molecule has 2 aromatic heterocycles. The van der Waals surface area contributed by atoms with Crippen molar-refractivity contribution in [3.05, 3.63) is 42.5 Å². The Morgan fingerprint density at radius 3 is 2.87 bits per heavy atom. The van der Waals surface area contributed by atoms with Crippen LogP contribution in [0.1, 0.15) is 19.5 Å². The maximum absolute atomic E-state index is 10.6. The summed E-state index contributed by atoms with van der Waals surface area (Å²) in [6, 6.07) is 7.42. The van der Waals surface area contributed by atoms with Crippen molar-refractivity contribution in [2.45, 2.75) is 20.3 Å². The molecule has 1 aromatic carbocycles. The molecule has 3 rings (SSSR count). The van der Waals surface area contributed by atoms with Gasteiger partial charge in [-0.05, 0) is 31.5 Å². The molecular formula is C17H18N4O2. The van der Waals surface area contributed by atoms with Gasteiger partial charge in [0.25, 0.3) is 0 Å². The topological polar surface area (TPSA) is 69.0 Å². The third kappa shape index (κ3) is 3.01. The van der Waals surface area contributed by atoms with Crippen molar-refractivity contribution in [2.75, 3.05) is 11.9 Å². The normalized spacial score (nSPS) is 10.7. The van der Waals surface area contributed by atoms with Gasteiger partial charge >= 0.3 is 0 Å². The molecule has 0 radical (unpaired) electrons. The number of carbonyl (C=O) groups excluding carboxylic acids is 1. The van der Waals surface area contributed by atoms with E-state index in [1.165, 1.54) is 0 Å². The SMILES string of the molecule is CCOc1cc(-n2cnc(CC)c2)nc2ccc(NC=O)cc12. The van der Waals surface area contributed by atoms with Crippen molar-refractivity contribution in [2.24, 2.45) is 0 Å². The quantitative estimate of drug-likeness (QED) is 0.711. The Morgan fingerprint density at radius 2 is 2.17 bits per heavy atom. The van der Waals surface area contributed by atoms with Gasteiger partial charge in [-0.25, -0.2) is 9.97 Å². The highest BCUT2D eigenvalue weighted by atomic mass is 16.5. The average Bonchev–Trinajstić information content (AvgIpc) is 3.05. The predicted molar refractivity (Wildman–Crippen MR) is 89.1 cm³/mol. The minimum atomic E-state index is 0.550. The summed E-state index contributed by atoms with van der Waals surface area (Å²) in [6.45, 7) is 4.55. The van der Waals surface area contributed by atoms with Crippen LogP contribution in [0.5, 0.6) is 5.75 Å². The van der Waals surface area contributed by atoms with E-state index >= 15 is 0 Å². The molecular weight excluding hydrogens is 292 g/mol. The Kier molecular flexibility index (Phi) is 4.23. The number of imidazole rings is 1. The zero-order chi connectivity index (χ0) is 16.2. The Bertz CT molecular complexity index is 842. The van der Waals surface area contributed by atoms with Crippen LogP contribution in [0.2, 0.25) is 0 Å². The van der Waals surface area contributed by atoms with Gasteiger partial charge in [0.15, 0.2) is 0 Å². The lowest BCUT2D eigenvalue weighted by Crippen LogP contribution is -2.00. The zero-order valence-electron chi connectivity index (χ0n) is 13.1. The van der Waals surface area contributed by atoms with Gasteiger partial charge in [0.1, 0.15) is 17.9 Å². The van der Waals surface area contributed by atoms with E-state index in [2.05, 4.69) is 22.2 Å². The molecule has 0 saturated carbocycles. The first-order valence-electron chi connectivity index (χ1n) is 7.56. The fraction of sp³-hybridized carbons (Fsp3) is 0.235. The van der Waals surface area contributed by atoms with Crippen LogP contribution in [0.25, 0.3) is 16.7 Å². The summed E-state index contributed by atoms with van der Waals surface area (Å²) in [5.41, 5.74) is 2.52. The molecule has 0 fully saturated rings. The van der Waals surface area contributed by atoms with E-state index in [4.69, 9.17) is 4.74 Å². The van der Waals surface area contributed by atoms with Crippen LogP contribution in [-0.4, -0.2) is 27.6 Å². The molecule has 0 aliphatic rings. The van der Waals surface area contributed by atoms with Gasteiger partial charge in [-0.2, -0.15) is 0 Å². The number of nitrogens with one attached hydrogen (secondary N) is 1. The van der Waals surface area contributed by atoms with Crippen LogP contribution in [-0.2, 0) is 11.2 Å². The van der Waals surface area contributed by atoms with Gasteiger partial charge in [-0.1, -0.05) is 6.92 Å².